The van der Waals surface area contributed by atoms with Crippen LogP contribution in [0.3, 0.4) is 0 Å². The van der Waals surface area contributed by atoms with Gasteiger partial charge in [-0.25, -0.2) is 4.98 Å². The molecule has 0 radical (unpaired) electrons. The second-order valence-electron chi connectivity index (χ2n) is 7.00. The number of anilines is 1. The number of fused-ring (bicyclic) bond motifs is 1. The molecule has 0 aliphatic heterocycles. The molecular weight excluding hydrogens is 398 g/mol. The van der Waals surface area contributed by atoms with Gasteiger partial charge in [0.25, 0.3) is 5.91 Å². The highest BCUT2D eigenvalue weighted by atomic mass is 32.1. The lowest BCUT2D eigenvalue weighted by atomic mass is 10.1. The lowest BCUT2D eigenvalue weighted by Crippen LogP contribution is -2.34. The highest BCUT2D eigenvalue weighted by Gasteiger charge is 2.14. The molecule has 1 aromatic heterocycles. The summed E-state index contributed by atoms with van der Waals surface area (Å²) < 4.78 is 5.75. The monoisotopic (exact) mass is 417 g/mol. The number of aromatic hydroxyl groups is 1. The number of hydrogen-bond acceptors (Lipinski definition) is 5. The number of aryl methyl sites for hydroxylation is 2. The summed E-state index contributed by atoms with van der Waals surface area (Å²) >= 11 is 5.21. The minimum absolute atomic E-state index is 0.0176. The van der Waals surface area contributed by atoms with Crippen molar-refractivity contribution in [1.82, 2.24) is 10.3 Å². The molecule has 0 atom stereocenters. The maximum Gasteiger partial charge on any atom is 0.257 e. The van der Waals surface area contributed by atoms with Crippen LogP contribution in [0, 0.1) is 13.8 Å². The van der Waals surface area contributed by atoms with E-state index in [1.807, 2.05) is 44.2 Å². The number of carbonyl (C=O) groups is 1. The number of benzene rings is 3. The van der Waals surface area contributed by atoms with Crippen molar-refractivity contribution in [2.45, 2.75) is 13.8 Å². The fourth-order valence-electron chi connectivity index (χ4n) is 2.99. The minimum atomic E-state index is -0.310. The van der Waals surface area contributed by atoms with Crippen LogP contribution in [0.5, 0.6) is 5.75 Å². The van der Waals surface area contributed by atoms with Gasteiger partial charge in [-0.3, -0.25) is 10.1 Å². The van der Waals surface area contributed by atoms with E-state index in [4.69, 9.17) is 16.6 Å². The van der Waals surface area contributed by atoms with Crippen LogP contribution in [0.2, 0.25) is 0 Å². The van der Waals surface area contributed by atoms with Crippen molar-refractivity contribution < 1.29 is 14.3 Å². The number of oxazole rings is 1. The van der Waals surface area contributed by atoms with Crippen molar-refractivity contribution in [3.8, 4) is 17.2 Å². The average molecular weight is 417 g/mol. The summed E-state index contributed by atoms with van der Waals surface area (Å²) in [5, 5.41) is 16.1. The standard InChI is InChI=1S/C23H19N3O3S/c1-13-3-6-15(7-4-13)21(28)26-23(30)24-16-8-9-17(19(27)12-16)22-25-18-11-14(2)5-10-20(18)29-22/h3-12,27H,1-2H3,(H2,24,26,28,30). The zero-order chi connectivity index (χ0) is 21.3. The predicted octanol–water partition coefficient (Wildman–Crippen LogP) is 4.94. The van der Waals surface area contributed by atoms with Crippen molar-refractivity contribution in [3.63, 3.8) is 0 Å². The first-order valence-electron chi connectivity index (χ1n) is 9.28. The average Bonchev–Trinajstić information content (AvgIpc) is 3.11. The van der Waals surface area contributed by atoms with Crippen LogP contribution >= 0.6 is 12.2 Å². The third kappa shape index (κ3) is 4.16. The molecule has 1 amide bonds. The van der Waals surface area contributed by atoms with Crippen molar-refractivity contribution in [2.75, 3.05) is 5.32 Å². The van der Waals surface area contributed by atoms with Gasteiger partial charge in [-0.2, -0.15) is 0 Å². The molecule has 3 N–H and O–H groups in total. The van der Waals surface area contributed by atoms with Crippen LogP contribution < -0.4 is 10.6 Å². The van der Waals surface area contributed by atoms with Crippen molar-refractivity contribution in [1.29, 1.82) is 0 Å². The first-order chi connectivity index (χ1) is 14.4. The number of thiocarbonyl (C=S) groups is 1. The molecule has 0 spiro atoms. The van der Waals surface area contributed by atoms with Crippen LogP contribution in [0.1, 0.15) is 21.5 Å². The first-order valence-corrected chi connectivity index (χ1v) is 9.69. The number of nitrogens with one attached hydrogen (secondary N) is 2. The van der Waals surface area contributed by atoms with Gasteiger partial charge in [0.05, 0.1) is 5.56 Å². The number of nitrogens with zero attached hydrogens (tertiary/aromatic N) is 1. The molecule has 0 aliphatic rings. The normalized spacial score (nSPS) is 10.7. The topological polar surface area (TPSA) is 87.4 Å². The number of amides is 1. The Kier molecular flexibility index (Phi) is 5.20. The zero-order valence-electron chi connectivity index (χ0n) is 16.4. The summed E-state index contributed by atoms with van der Waals surface area (Å²) in [4.78, 5) is 16.7. The molecule has 4 aromatic rings. The van der Waals surface area contributed by atoms with Gasteiger partial charge < -0.3 is 14.8 Å². The lowest BCUT2D eigenvalue weighted by Gasteiger charge is -2.11. The molecule has 0 bridgehead atoms. The summed E-state index contributed by atoms with van der Waals surface area (Å²) in [6, 6.07) is 17.8. The lowest BCUT2D eigenvalue weighted by molar-refractivity contribution is 0.0977. The Balaban J connectivity index is 1.47. The quantitative estimate of drug-likeness (QED) is 0.409. The maximum absolute atomic E-state index is 12.3. The Morgan fingerprint density at radius 3 is 2.47 bits per heavy atom. The van der Waals surface area contributed by atoms with E-state index in [0.29, 0.717) is 28.3 Å². The minimum Gasteiger partial charge on any atom is -0.507 e. The largest absolute Gasteiger partial charge is 0.507 e. The molecule has 30 heavy (non-hydrogen) atoms. The van der Waals surface area contributed by atoms with Crippen molar-refractivity contribution in [3.05, 3.63) is 77.4 Å². The smallest absolute Gasteiger partial charge is 0.257 e. The second-order valence-corrected chi connectivity index (χ2v) is 7.40. The van der Waals surface area contributed by atoms with E-state index in [0.717, 1.165) is 16.6 Å². The van der Waals surface area contributed by atoms with Crippen LogP contribution in [0.25, 0.3) is 22.6 Å². The number of rotatable bonds is 3. The highest BCUT2D eigenvalue weighted by Crippen LogP contribution is 2.33. The summed E-state index contributed by atoms with van der Waals surface area (Å²) in [5.74, 6) is 0.000880. The molecule has 0 unspecified atom stereocenters. The van der Waals surface area contributed by atoms with Gasteiger partial charge in [0.1, 0.15) is 11.3 Å². The maximum atomic E-state index is 12.3. The predicted molar refractivity (Wildman–Crippen MR) is 121 cm³/mol. The fraction of sp³-hybridized carbons (Fsp3) is 0.0870. The molecule has 0 saturated heterocycles. The number of hydrogen-bond donors (Lipinski definition) is 3. The SMILES string of the molecule is Cc1ccc(C(=O)NC(=S)Nc2ccc(-c3nc4cc(C)ccc4o3)c(O)c2)cc1. The summed E-state index contributed by atoms with van der Waals surface area (Å²) in [6.45, 7) is 3.93. The molecule has 150 valence electrons. The molecule has 0 aliphatic carbocycles. The molecule has 6 nitrogen and oxygen atoms in total. The van der Waals surface area contributed by atoms with E-state index in [1.54, 1.807) is 24.3 Å². The van der Waals surface area contributed by atoms with Crippen molar-refractivity contribution >= 4 is 40.0 Å². The van der Waals surface area contributed by atoms with Crippen LogP contribution in [0.4, 0.5) is 5.69 Å². The van der Waals surface area contributed by atoms with Gasteiger partial charge >= 0.3 is 0 Å². The highest BCUT2D eigenvalue weighted by molar-refractivity contribution is 7.80. The number of aromatic nitrogens is 1. The Morgan fingerprint density at radius 1 is 1.00 bits per heavy atom. The van der Waals surface area contributed by atoms with Gasteiger partial charge in [0, 0.05) is 17.3 Å². The van der Waals surface area contributed by atoms with Crippen LogP contribution in [-0.2, 0) is 0 Å². The molecular formula is C23H19N3O3S. The van der Waals surface area contributed by atoms with E-state index in [-0.39, 0.29) is 16.8 Å². The molecule has 0 saturated carbocycles. The molecule has 7 heteroatoms. The van der Waals surface area contributed by atoms with E-state index < -0.39 is 0 Å². The van der Waals surface area contributed by atoms with Gasteiger partial charge in [-0.05, 0) is 68.0 Å². The zero-order valence-corrected chi connectivity index (χ0v) is 17.2. The van der Waals surface area contributed by atoms with Crippen molar-refractivity contribution in [2.24, 2.45) is 0 Å². The second kappa shape index (κ2) is 7.96. The van der Waals surface area contributed by atoms with Gasteiger partial charge in [0.2, 0.25) is 5.89 Å². The number of carbonyl (C=O) groups excluding carboxylic acids is 1. The fourth-order valence-corrected chi connectivity index (χ4v) is 3.20. The Bertz CT molecular complexity index is 1260. The van der Waals surface area contributed by atoms with E-state index in [9.17, 15) is 9.90 Å². The number of phenols is 1. The van der Waals surface area contributed by atoms with E-state index in [1.165, 1.54) is 6.07 Å². The van der Waals surface area contributed by atoms with Gasteiger partial charge in [-0.1, -0.05) is 23.8 Å². The third-order valence-corrected chi connectivity index (χ3v) is 4.77. The molecule has 1 heterocycles. The van der Waals surface area contributed by atoms with E-state index in [2.05, 4.69) is 15.6 Å². The van der Waals surface area contributed by atoms with Crippen LogP contribution in [0.15, 0.2) is 65.1 Å². The Hall–Kier alpha value is -3.71. The third-order valence-electron chi connectivity index (χ3n) is 4.57. The molecule has 0 fully saturated rings. The Labute approximate surface area is 178 Å². The first kappa shape index (κ1) is 19.6. The van der Waals surface area contributed by atoms with Gasteiger partial charge in [-0.15, -0.1) is 0 Å². The summed E-state index contributed by atoms with van der Waals surface area (Å²) in [5.41, 5.74) is 5.02. The van der Waals surface area contributed by atoms with Gasteiger partial charge in [0.15, 0.2) is 10.7 Å². The number of phenolic OH excluding ortho intramolecular Hbond substituents is 1. The molecule has 4 rings (SSSR count). The van der Waals surface area contributed by atoms with E-state index >= 15 is 0 Å². The molecule has 3 aromatic carbocycles. The van der Waals surface area contributed by atoms with Crippen LogP contribution in [-0.4, -0.2) is 21.1 Å². The summed E-state index contributed by atoms with van der Waals surface area (Å²) in [7, 11) is 0. The Morgan fingerprint density at radius 2 is 1.73 bits per heavy atom. The summed E-state index contributed by atoms with van der Waals surface area (Å²) in [6.07, 6.45) is 0.